The molecule has 10 nitrogen and oxygen atoms in total. The summed E-state index contributed by atoms with van der Waals surface area (Å²) in [7, 11) is 3.04. The number of methoxy groups -OCH3 is 5. The normalized spacial score (nSPS) is 11.9. The lowest BCUT2D eigenvalue weighted by atomic mass is 9.97. The highest BCUT2D eigenvalue weighted by Gasteiger charge is 2.31. The predicted molar refractivity (Wildman–Crippen MR) is 157 cm³/mol. The van der Waals surface area contributed by atoms with E-state index in [-0.39, 0.29) is 34.0 Å². The summed E-state index contributed by atoms with van der Waals surface area (Å²) >= 11 is 0. The van der Waals surface area contributed by atoms with Crippen LogP contribution in [-0.2, 0) is 14.8 Å². The Hall–Kier alpha value is -4.12. The molecule has 222 valence electrons. The van der Waals surface area contributed by atoms with Crippen molar-refractivity contribution in [3.8, 4) is 28.7 Å². The number of carbonyl (C=O) groups excluding carboxylic acids is 1. The molecule has 1 amide bonds. The van der Waals surface area contributed by atoms with E-state index in [0.29, 0.717) is 23.7 Å². The highest BCUT2D eigenvalue weighted by molar-refractivity contribution is 7.92. The van der Waals surface area contributed by atoms with E-state index in [4.69, 9.17) is 23.7 Å². The second-order valence-electron chi connectivity index (χ2n) is 9.59. The Balaban J connectivity index is 2.06. The van der Waals surface area contributed by atoms with Crippen LogP contribution in [0.4, 0.5) is 5.69 Å². The van der Waals surface area contributed by atoms with E-state index in [1.807, 2.05) is 24.3 Å². The fraction of sp³-hybridized carbons (Fsp3) is 0.367. The van der Waals surface area contributed by atoms with Crippen LogP contribution in [0.2, 0.25) is 0 Å². The van der Waals surface area contributed by atoms with Gasteiger partial charge in [0.25, 0.3) is 10.0 Å². The van der Waals surface area contributed by atoms with Gasteiger partial charge in [0.1, 0.15) is 23.8 Å². The summed E-state index contributed by atoms with van der Waals surface area (Å²) in [5.41, 5.74) is 1.02. The van der Waals surface area contributed by atoms with Crippen LogP contribution < -0.4 is 33.3 Å². The fourth-order valence-electron chi connectivity index (χ4n) is 4.35. The molecule has 0 unspecified atom stereocenters. The maximum Gasteiger partial charge on any atom is 0.265 e. The Bertz CT molecular complexity index is 1420. The molecule has 3 aromatic rings. The Labute approximate surface area is 242 Å². The number of sulfonamides is 1. The number of nitrogens with zero attached hydrogens (tertiary/aromatic N) is 1. The molecule has 1 atom stereocenters. The van der Waals surface area contributed by atoms with Gasteiger partial charge in [-0.2, -0.15) is 0 Å². The fourth-order valence-corrected chi connectivity index (χ4v) is 5.79. The Kier molecular flexibility index (Phi) is 10.7. The number of amides is 1. The minimum absolute atomic E-state index is 0.0956. The molecule has 0 aromatic heterocycles. The first-order valence-corrected chi connectivity index (χ1v) is 14.4. The van der Waals surface area contributed by atoms with Gasteiger partial charge in [-0.25, -0.2) is 8.42 Å². The van der Waals surface area contributed by atoms with Crippen LogP contribution in [0.15, 0.2) is 65.6 Å². The number of carbonyl (C=O) groups is 1. The molecule has 3 rings (SSSR count). The van der Waals surface area contributed by atoms with Gasteiger partial charge in [-0.05, 0) is 54.3 Å². The third-order valence-corrected chi connectivity index (χ3v) is 8.20. The van der Waals surface area contributed by atoms with E-state index in [1.165, 1.54) is 52.7 Å². The maximum atomic E-state index is 14.1. The number of benzene rings is 3. The average Bonchev–Trinajstić information content (AvgIpc) is 2.98. The van der Waals surface area contributed by atoms with Gasteiger partial charge in [0.2, 0.25) is 5.91 Å². The van der Waals surface area contributed by atoms with Gasteiger partial charge in [-0.3, -0.25) is 9.10 Å². The molecule has 0 saturated carbocycles. The van der Waals surface area contributed by atoms with Gasteiger partial charge in [-0.15, -0.1) is 0 Å². The minimum atomic E-state index is -4.31. The molecular weight excluding hydrogens is 548 g/mol. The number of hydrogen-bond donors (Lipinski definition) is 1. The summed E-state index contributed by atoms with van der Waals surface area (Å²) in [6.45, 7) is 3.58. The molecule has 11 heteroatoms. The van der Waals surface area contributed by atoms with Crippen molar-refractivity contribution in [2.45, 2.75) is 31.2 Å². The standard InChI is InChI=1S/C30H38N2O8S/c1-20(2)16-25(21-8-10-22(36-3)11-9-21)31-30(33)19-32(26-17-23(37-4)12-14-27(26)38-5)41(34,35)24-13-15-28(39-6)29(18-24)40-7/h8-15,17-18,20,25H,16,19H2,1-7H3,(H,31,33)/t25-/m0/s1. The van der Waals surface area contributed by atoms with E-state index >= 15 is 0 Å². The van der Waals surface area contributed by atoms with Crippen molar-refractivity contribution in [2.75, 3.05) is 46.4 Å². The van der Waals surface area contributed by atoms with Crippen molar-refractivity contribution in [3.63, 3.8) is 0 Å². The van der Waals surface area contributed by atoms with Gasteiger partial charge < -0.3 is 29.0 Å². The van der Waals surface area contributed by atoms with Crippen LogP contribution in [0.3, 0.4) is 0 Å². The Morgan fingerprint density at radius 2 is 1.34 bits per heavy atom. The van der Waals surface area contributed by atoms with Gasteiger partial charge >= 0.3 is 0 Å². The molecule has 0 spiro atoms. The summed E-state index contributed by atoms with van der Waals surface area (Å²) in [4.78, 5) is 13.5. The van der Waals surface area contributed by atoms with Gasteiger partial charge in [0, 0.05) is 12.1 Å². The van der Waals surface area contributed by atoms with Crippen LogP contribution in [0, 0.1) is 5.92 Å². The quantitative estimate of drug-likeness (QED) is 0.286. The molecular formula is C30H38N2O8S. The van der Waals surface area contributed by atoms with Crippen LogP contribution in [0.25, 0.3) is 0 Å². The van der Waals surface area contributed by atoms with Crippen LogP contribution in [0.1, 0.15) is 31.9 Å². The number of anilines is 1. The van der Waals surface area contributed by atoms with Crippen LogP contribution >= 0.6 is 0 Å². The van der Waals surface area contributed by atoms with Crippen molar-refractivity contribution in [2.24, 2.45) is 5.92 Å². The molecule has 1 N–H and O–H groups in total. The summed E-state index contributed by atoms with van der Waals surface area (Å²) in [5, 5.41) is 3.03. The highest BCUT2D eigenvalue weighted by Crippen LogP contribution is 2.37. The summed E-state index contributed by atoms with van der Waals surface area (Å²) in [6.07, 6.45) is 0.642. The zero-order valence-electron chi connectivity index (χ0n) is 24.5. The molecule has 0 aliphatic carbocycles. The minimum Gasteiger partial charge on any atom is -0.497 e. The number of rotatable bonds is 14. The van der Waals surface area contributed by atoms with Crippen LogP contribution in [-0.4, -0.2) is 56.4 Å². The zero-order chi connectivity index (χ0) is 30.2. The lowest BCUT2D eigenvalue weighted by molar-refractivity contribution is -0.120. The first-order valence-electron chi connectivity index (χ1n) is 13.0. The summed E-state index contributed by atoms with van der Waals surface area (Å²) in [5.74, 6) is 1.69. The molecule has 0 saturated heterocycles. The Morgan fingerprint density at radius 3 is 1.90 bits per heavy atom. The van der Waals surface area contributed by atoms with Gasteiger partial charge in [-0.1, -0.05) is 26.0 Å². The summed E-state index contributed by atoms with van der Waals surface area (Å²) in [6, 6.07) is 16.0. The molecule has 0 heterocycles. The molecule has 3 aromatic carbocycles. The van der Waals surface area contributed by atoms with Crippen molar-refractivity contribution in [1.29, 1.82) is 0 Å². The predicted octanol–water partition coefficient (Wildman–Crippen LogP) is 4.83. The van der Waals surface area contributed by atoms with Crippen molar-refractivity contribution >= 4 is 21.6 Å². The number of ether oxygens (including phenoxy) is 5. The van der Waals surface area contributed by atoms with E-state index in [2.05, 4.69) is 19.2 Å². The van der Waals surface area contributed by atoms with E-state index in [0.717, 1.165) is 9.87 Å². The Morgan fingerprint density at radius 1 is 0.756 bits per heavy atom. The van der Waals surface area contributed by atoms with Crippen LogP contribution in [0.5, 0.6) is 28.7 Å². The second-order valence-corrected chi connectivity index (χ2v) is 11.5. The molecule has 0 aliphatic heterocycles. The third kappa shape index (κ3) is 7.55. The SMILES string of the molecule is COc1ccc([C@H](CC(C)C)NC(=O)CN(c2cc(OC)ccc2OC)S(=O)(=O)c2ccc(OC)c(OC)c2)cc1. The number of hydrogen-bond acceptors (Lipinski definition) is 8. The number of nitrogens with one attached hydrogen (secondary N) is 1. The first-order chi connectivity index (χ1) is 19.6. The van der Waals surface area contributed by atoms with E-state index in [9.17, 15) is 13.2 Å². The topological polar surface area (TPSA) is 113 Å². The van der Waals surface area contributed by atoms with Crippen molar-refractivity contribution in [1.82, 2.24) is 5.32 Å². The average molecular weight is 587 g/mol. The maximum absolute atomic E-state index is 14.1. The highest BCUT2D eigenvalue weighted by atomic mass is 32.2. The first kappa shape index (κ1) is 31.4. The largest absolute Gasteiger partial charge is 0.497 e. The van der Waals surface area contributed by atoms with E-state index < -0.39 is 22.5 Å². The molecule has 0 radical (unpaired) electrons. The molecule has 0 fully saturated rings. The van der Waals surface area contributed by atoms with Gasteiger partial charge in [0.15, 0.2) is 11.5 Å². The molecule has 0 aliphatic rings. The monoisotopic (exact) mass is 586 g/mol. The van der Waals surface area contributed by atoms with Crippen molar-refractivity contribution < 1.29 is 36.9 Å². The van der Waals surface area contributed by atoms with E-state index in [1.54, 1.807) is 19.2 Å². The third-order valence-electron chi connectivity index (χ3n) is 6.45. The summed E-state index contributed by atoms with van der Waals surface area (Å²) < 4.78 is 56.0. The van der Waals surface area contributed by atoms with Crippen molar-refractivity contribution in [3.05, 3.63) is 66.2 Å². The zero-order valence-corrected chi connectivity index (χ0v) is 25.3. The lowest BCUT2D eigenvalue weighted by Crippen LogP contribution is -2.42. The molecule has 0 bridgehead atoms. The second kappa shape index (κ2) is 14.0. The van der Waals surface area contributed by atoms with Gasteiger partial charge in [0.05, 0.1) is 52.2 Å². The molecule has 41 heavy (non-hydrogen) atoms. The smallest absolute Gasteiger partial charge is 0.265 e. The lowest BCUT2D eigenvalue weighted by Gasteiger charge is -2.28.